The molecule has 1 amide bonds. The van der Waals surface area contributed by atoms with Gasteiger partial charge in [-0.3, -0.25) is 9.78 Å². The molecular formula is C17H20FN3O2. The Kier molecular flexibility index (Phi) is 5.65. The monoisotopic (exact) mass is 317 g/mol. The minimum atomic E-state index is -0.574. The first-order valence-corrected chi connectivity index (χ1v) is 7.30. The number of nitrogens with one attached hydrogen (secondary N) is 1. The molecule has 23 heavy (non-hydrogen) atoms. The van der Waals surface area contributed by atoms with Crippen LogP contribution in [0.5, 0.6) is 5.75 Å². The summed E-state index contributed by atoms with van der Waals surface area (Å²) in [6.07, 6.45) is 1.43. The smallest absolute Gasteiger partial charge is 0.225 e. The highest BCUT2D eigenvalue weighted by atomic mass is 19.1. The summed E-state index contributed by atoms with van der Waals surface area (Å²) in [7, 11) is 1.38. The summed E-state index contributed by atoms with van der Waals surface area (Å²) in [5.41, 5.74) is 7.11. The highest BCUT2D eigenvalue weighted by molar-refractivity contribution is 5.79. The molecule has 2 rings (SSSR count). The van der Waals surface area contributed by atoms with Crippen molar-refractivity contribution >= 4 is 5.91 Å². The molecule has 0 aliphatic rings. The highest BCUT2D eigenvalue weighted by Gasteiger charge is 2.22. The Morgan fingerprint density at radius 1 is 1.35 bits per heavy atom. The van der Waals surface area contributed by atoms with Gasteiger partial charge in [0, 0.05) is 18.3 Å². The first-order chi connectivity index (χ1) is 11.0. The predicted octanol–water partition coefficient (Wildman–Crippen LogP) is 2.18. The Morgan fingerprint density at radius 3 is 2.70 bits per heavy atom. The average Bonchev–Trinajstić information content (AvgIpc) is 2.60. The minimum Gasteiger partial charge on any atom is -0.494 e. The lowest BCUT2D eigenvalue weighted by molar-refractivity contribution is -0.125. The zero-order valence-electron chi connectivity index (χ0n) is 13.1. The van der Waals surface area contributed by atoms with E-state index < -0.39 is 17.8 Å². The molecule has 0 saturated heterocycles. The lowest BCUT2D eigenvalue weighted by atomic mass is 9.94. The Morgan fingerprint density at radius 2 is 2.04 bits per heavy atom. The van der Waals surface area contributed by atoms with Gasteiger partial charge in [0.15, 0.2) is 11.6 Å². The minimum absolute atomic E-state index is 0.0201. The van der Waals surface area contributed by atoms with Crippen LogP contribution in [0.3, 0.4) is 0 Å². The zero-order chi connectivity index (χ0) is 16.8. The molecule has 0 radical (unpaired) electrons. The molecule has 0 fully saturated rings. The van der Waals surface area contributed by atoms with Crippen molar-refractivity contribution in [2.75, 3.05) is 7.11 Å². The Bertz CT molecular complexity index is 664. The normalized spacial score (nSPS) is 13.2. The van der Waals surface area contributed by atoms with Crippen LogP contribution in [0.2, 0.25) is 0 Å². The summed E-state index contributed by atoms with van der Waals surface area (Å²) in [6.45, 7) is 1.72. The van der Waals surface area contributed by atoms with Crippen molar-refractivity contribution in [3.05, 3.63) is 59.7 Å². The number of amides is 1. The number of halogens is 1. The fraction of sp³-hybridized carbons (Fsp3) is 0.294. The van der Waals surface area contributed by atoms with Gasteiger partial charge in [0.2, 0.25) is 5.91 Å². The molecule has 2 aromatic rings. The molecular weight excluding hydrogens is 297 g/mol. The molecule has 122 valence electrons. The number of pyridine rings is 1. The van der Waals surface area contributed by atoms with Crippen molar-refractivity contribution in [3.8, 4) is 5.75 Å². The number of nitrogens with zero attached hydrogens (tertiary/aromatic N) is 1. The van der Waals surface area contributed by atoms with Crippen LogP contribution in [0.4, 0.5) is 4.39 Å². The third-order valence-electron chi connectivity index (χ3n) is 3.71. The fourth-order valence-corrected chi connectivity index (χ4v) is 2.21. The molecule has 0 bridgehead atoms. The van der Waals surface area contributed by atoms with Crippen LogP contribution < -0.4 is 15.8 Å². The Hall–Kier alpha value is -2.47. The van der Waals surface area contributed by atoms with E-state index in [2.05, 4.69) is 10.3 Å². The third-order valence-corrected chi connectivity index (χ3v) is 3.71. The van der Waals surface area contributed by atoms with Gasteiger partial charge in [-0.2, -0.15) is 0 Å². The quantitative estimate of drug-likeness (QED) is 0.856. The van der Waals surface area contributed by atoms with Crippen LogP contribution in [0.15, 0.2) is 42.6 Å². The van der Waals surface area contributed by atoms with Gasteiger partial charge >= 0.3 is 0 Å². The molecule has 6 heteroatoms. The molecule has 1 aromatic heterocycles. The van der Waals surface area contributed by atoms with Crippen molar-refractivity contribution in [3.63, 3.8) is 0 Å². The van der Waals surface area contributed by atoms with Crippen LogP contribution in [0, 0.1) is 11.7 Å². The highest BCUT2D eigenvalue weighted by Crippen LogP contribution is 2.20. The first-order valence-electron chi connectivity index (χ1n) is 7.30. The first kappa shape index (κ1) is 16.9. The molecule has 1 heterocycles. The second-order valence-corrected chi connectivity index (χ2v) is 5.22. The van der Waals surface area contributed by atoms with E-state index in [4.69, 9.17) is 10.5 Å². The van der Waals surface area contributed by atoms with E-state index in [0.29, 0.717) is 0 Å². The summed E-state index contributed by atoms with van der Waals surface area (Å²) in [4.78, 5) is 16.1. The SMILES string of the molecule is COc1ccnc(CNC(=O)C(C)C(N)c2ccccc2)c1F. The van der Waals surface area contributed by atoms with Gasteiger partial charge < -0.3 is 15.8 Å². The van der Waals surface area contributed by atoms with E-state index in [-0.39, 0.29) is 23.9 Å². The molecule has 0 spiro atoms. The summed E-state index contributed by atoms with van der Waals surface area (Å²) < 4.78 is 18.9. The van der Waals surface area contributed by atoms with Crippen molar-refractivity contribution in [2.24, 2.45) is 11.7 Å². The van der Waals surface area contributed by atoms with Crippen LogP contribution in [0.1, 0.15) is 24.2 Å². The van der Waals surface area contributed by atoms with E-state index in [1.165, 1.54) is 19.4 Å². The lowest BCUT2D eigenvalue weighted by Gasteiger charge is -2.19. The van der Waals surface area contributed by atoms with E-state index in [0.717, 1.165) is 5.56 Å². The number of methoxy groups -OCH3 is 1. The number of nitrogens with two attached hydrogens (primary N) is 1. The van der Waals surface area contributed by atoms with Gasteiger partial charge in [0.25, 0.3) is 0 Å². The third kappa shape index (κ3) is 4.04. The molecule has 2 atom stereocenters. The Balaban J connectivity index is 1.99. The van der Waals surface area contributed by atoms with Crippen molar-refractivity contribution < 1.29 is 13.9 Å². The van der Waals surface area contributed by atoms with Crippen molar-refractivity contribution in [1.82, 2.24) is 10.3 Å². The lowest BCUT2D eigenvalue weighted by Crippen LogP contribution is -2.35. The molecule has 0 aliphatic carbocycles. The number of carbonyl (C=O) groups is 1. The van der Waals surface area contributed by atoms with Crippen LogP contribution in [0.25, 0.3) is 0 Å². The fourth-order valence-electron chi connectivity index (χ4n) is 2.21. The largest absolute Gasteiger partial charge is 0.494 e. The summed E-state index contributed by atoms with van der Waals surface area (Å²) >= 11 is 0. The topological polar surface area (TPSA) is 77.2 Å². The molecule has 3 N–H and O–H groups in total. The molecule has 1 aromatic carbocycles. The number of hydrogen-bond donors (Lipinski definition) is 2. The van der Waals surface area contributed by atoms with Gasteiger partial charge in [-0.05, 0) is 5.56 Å². The number of benzene rings is 1. The predicted molar refractivity (Wildman–Crippen MR) is 85.1 cm³/mol. The summed E-state index contributed by atoms with van der Waals surface area (Å²) in [5.74, 6) is -1.19. The number of ether oxygens (including phenoxy) is 1. The second kappa shape index (κ2) is 7.69. The molecule has 0 saturated carbocycles. The summed E-state index contributed by atoms with van der Waals surface area (Å²) in [6, 6.07) is 10.4. The van der Waals surface area contributed by atoms with Crippen molar-refractivity contribution in [1.29, 1.82) is 0 Å². The molecule has 2 unspecified atom stereocenters. The van der Waals surface area contributed by atoms with Gasteiger partial charge in [-0.15, -0.1) is 0 Å². The van der Waals surface area contributed by atoms with Gasteiger partial charge in [-0.25, -0.2) is 4.39 Å². The number of hydrogen-bond acceptors (Lipinski definition) is 4. The van der Waals surface area contributed by atoms with Gasteiger partial charge in [0.1, 0.15) is 0 Å². The van der Waals surface area contributed by atoms with E-state index in [1.54, 1.807) is 6.92 Å². The average molecular weight is 317 g/mol. The maximum atomic E-state index is 14.0. The van der Waals surface area contributed by atoms with Crippen LogP contribution >= 0.6 is 0 Å². The van der Waals surface area contributed by atoms with Crippen LogP contribution in [-0.2, 0) is 11.3 Å². The number of carbonyl (C=O) groups excluding carboxylic acids is 1. The zero-order valence-corrected chi connectivity index (χ0v) is 13.1. The molecule has 5 nitrogen and oxygen atoms in total. The van der Waals surface area contributed by atoms with Gasteiger partial charge in [0.05, 0.1) is 25.3 Å². The van der Waals surface area contributed by atoms with E-state index in [1.807, 2.05) is 30.3 Å². The number of rotatable bonds is 6. The van der Waals surface area contributed by atoms with E-state index in [9.17, 15) is 9.18 Å². The van der Waals surface area contributed by atoms with Crippen molar-refractivity contribution in [2.45, 2.75) is 19.5 Å². The number of aromatic nitrogens is 1. The second-order valence-electron chi connectivity index (χ2n) is 5.22. The standard InChI is InChI=1S/C17H20FN3O2/c1-11(16(19)12-6-4-3-5-7-12)17(22)21-10-13-15(18)14(23-2)8-9-20-13/h3-9,11,16H,10,19H2,1-2H3,(H,21,22). The molecule has 0 aliphatic heterocycles. The summed E-state index contributed by atoms with van der Waals surface area (Å²) in [5, 5.41) is 2.66. The van der Waals surface area contributed by atoms with E-state index >= 15 is 0 Å². The maximum absolute atomic E-state index is 14.0. The maximum Gasteiger partial charge on any atom is 0.225 e. The Labute approximate surface area is 134 Å². The van der Waals surface area contributed by atoms with Gasteiger partial charge in [-0.1, -0.05) is 37.3 Å². The van der Waals surface area contributed by atoms with Crippen LogP contribution in [-0.4, -0.2) is 18.0 Å².